The number of aryl methyl sites for hydroxylation is 1. The van der Waals surface area contributed by atoms with Crippen molar-refractivity contribution in [3.8, 4) is 0 Å². The van der Waals surface area contributed by atoms with Crippen LogP contribution in [0.5, 0.6) is 0 Å². The molecule has 9 heavy (non-hydrogen) atoms. The van der Waals surface area contributed by atoms with Crippen molar-refractivity contribution >= 4 is 22.5 Å². The molecule has 0 spiro atoms. The van der Waals surface area contributed by atoms with Gasteiger partial charge in [-0.2, -0.15) is 0 Å². The fourth-order valence-corrected chi connectivity index (χ4v) is 0.470. The fraction of sp³-hybridized carbons (Fsp3) is 0.143. The summed E-state index contributed by atoms with van der Waals surface area (Å²) in [7, 11) is 0. The Morgan fingerprint density at radius 2 is 1.78 bits per heavy atom. The van der Waals surface area contributed by atoms with Gasteiger partial charge in [-0.3, -0.25) is 0 Å². The summed E-state index contributed by atoms with van der Waals surface area (Å²) < 4.78 is 8.34. The molecule has 0 heterocycles. The molecular formula is C7H7OSn. The molecule has 0 atom stereocenters. The summed E-state index contributed by atoms with van der Waals surface area (Å²) in [6, 6.07) is 10.8. The summed E-state index contributed by atoms with van der Waals surface area (Å²) in [5, 5.41) is 0. The van der Waals surface area contributed by atoms with Gasteiger partial charge < -0.3 is 0 Å². The van der Waals surface area contributed by atoms with Crippen LogP contribution in [0, 0.1) is 13.0 Å². The third-order valence-electron chi connectivity index (χ3n) is 0.885. The van der Waals surface area contributed by atoms with Gasteiger partial charge in [0.1, 0.15) is 0 Å². The third-order valence-corrected chi connectivity index (χ3v) is 0.885. The van der Waals surface area contributed by atoms with Gasteiger partial charge >= 0.3 is 25.6 Å². The Labute approximate surface area is 68.6 Å². The summed E-state index contributed by atoms with van der Waals surface area (Å²) in [5.41, 5.74) is 1.29. The number of hydrogen-bond acceptors (Lipinski definition) is 1. The molecular weight excluding hydrogens is 219 g/mol. The van der Waals surface area contributed by atoms with Crippen LogP contribution in [0.1, 0.15) is 5.56 Å². The molecule has 0 saturated heterocycles. The molecule has 2 heteroatoms. The SMILES string of the molecule is Cc1cc[c]cc1.[O]=[Sn]. The summed E-state index contributed by atoms with van der Waals surface area (Å²) in [5.74, 6) is 0. The molecule has 0 amide bonds. The van der Waals surface area contributed by atoms with E-state index in [1.54, 1.807) is 0 Å². The van der Waals surface area contributed by atoms with Gasteiger partial charge in [-0.1, -0.05) is 29.8 Å². The summed E-state index contributed by atoms with van der Waals surface area (Å²) in [6.07, 6.45) is 0. The van der Waals surface area contributed by atoms with E-state index in [1.807, 2.05) is 24.3 Å². The third kappa shape index (κ3) is 4.33. The molecule has 1 rings (SSSR count). The van der Waals surface area contributed by atoms with Gasteiger partial charge in [0.15, 0.2) is 0 Å². The standard InChI is InChI=1S/C7H7.O.Sn/c1-7-5-3-2-4-6-7;;/h3-6H,1H3;;. The Bertz CT molecular complexity index is 150. The van der Waals surface area contributed by atoms with Crippen LogP contribution in [0.4, 0.5) is 0 Å². The first-order valence-electron chi connectivity index (χ1n) is 2.53. The summed E-state index contributed by atoms with van der Waals surface area (Å²) in [6.45, 7) is 2.06. The molecule has 1 aromatic rings. The van der Waals surface area contributed by atoms with Gasteiger partial charge in [0.2, 0.25) is 0 Å². The molecule has 0 unspecified atom stereocenters. The molecule has 0 aromatic heterocycles. The van der Waals surface area contributed by atoms with Crippen molar-refractivity contribution in [1.82, 2.24) is 0 Å². The average Bonchev–Trinajstić information content (AvgIpc) is 1.94. The van der Waals surface area contributed by atoms with Gasteiger partial charge in [0.25, 0.3) is 0 Å². The number of hydrogen-bond donors (Lipinski definition) is 0. The van der Waals surface area contributed by atoms with E-state index < -0.39 is 0 Å². The van der Waals surface area contributed by atoms with Crippen LogP contribution in [0.2, 0.25) is 0 Å². The van der Waals surface area contributed by atoms with Gasteiger partial charge in [-0.05, 0) is 13.0 Å². The average molecular weight is 226 g/mol. The molecule has 0 aliphatic heterocycles. The minimum atomic E-state index is 0.300. The van der Waals surface area contributed by atoms with Crippen molar-refractivity contribution in [2.45, 2.75) is 6.92 Å². The molecule has 45 valence electrons. The van der Waals surface area contributed by atoms with Crippen molar-refractivity contribution in [2.75, 3.05) is 0 Å². The Kier molecular flexibility index (Phi) is 5.83. The molecule has 0 saturated carbocycles. The Morgan fingerprint density at radius 1 is 1.33 bits per heavy atom. The second kappa shape index (κ2) is 5.95. The monoisotopic (exact) mass is 227 g/mol. The number of rotatable bonds is 0. The van der Waals surface area contributed by atoms with Crippen LogP contribution in [-0.4, -0.2) is 22.5 Å². The van der Waals surface area contributed by atoms with Crippen LogP contribution in [0.25, 0.3) is 0 Å². The van der Waals surface area contributed by atoms with Crippen molar-refractivity contribution in [2.24, 2.45) is 0 Å². The zero-order valence-corrected chi connectivity index (χ0v) is 8.07. The quantitative estimate of drug-likeness (QED) is 0.609. The van der Waals surface area contributed by atoms with Gasteiger partial charge in [0, 0.05) is 0 Å². The van der Waals surface area contributed by atoms with Crippen LogP contribution in [0.3, 0.4) is 0 Å². The Morgan fingerprint density at radius 3 is 2.00 bits per heavy atom. The minimum absolute atomic E-state index is 0.300. The molecule has 0 aliphatic carbocycles. The first-order valence-corrected chi connectivity index (χ1v) is 3.69. The summed E-state index contributed by atoms with van der Waals surface area (Å²) >= 11 is 0.300. The van der Waals surface area contributed by atoms with E-state index in [1.165, 1.54) is 5.56 Å². The van der Waals surface area contributed by atoms with Gasteiger partial charge in [-0.15, -0.1) is 0 Å². The van der Waals surface area contributed by atoms with Crippen LogP contribution >= 0.6 is 0 Å². The molecule has 0 fully saturated rings. The molecule has 3 radical (unpaired) electrons. The predicted octanol–water partition coefficient (Wildman–Crippen LogP) is 1.30. The van der Waals surface area contributed by atoms with Crippen molar-refractivity contribution in [1.29, 1.82) is 0 Å². The fourth-order valence-electron chi connectivity index (χ4n) is 0.470. The molecule has 0 bridgehead atoms. The maximum atomic E-state index is 8.34. The molecule has 0 aliphatic rings. The normalized spacial score (nSPS) is 7.22. The van der Waals surface area contributed by atoms with Crippen LogP contribution < -0.4 is 0 Å². The topological polar surface area (TPSA) is 17.1 Å². The first-order chi connectivity index (χ1) is 4.39. The Hall–Kier alpha value is -0.181. The second-order valence-electron chi connectivity index (χ2n) is 1.58. The second-order valence-corrected chi connectivity index (χ2v) is 1.58. The van der Waals surface area contributed by atoms with Crippen molar-refractivity contribution in [3.05, 3.63) is 35.9 Å². The molecule has 1 nitrogen and oxygen atoms in total. The molecule has 0 N–H and O–H groups in total. The first kappa shape index (κ1) is 8.82. The van der Waals surface area contributed by atoms with Crippen LogP contribution in [-0.2, 0) is 3.08 Å². The van der Waals surface area contributed by atoms with Crippen LogP contribution in [0.15, 0.2) is 24.3 Å². The number of benzene rings is 1. The van der Waals surface area contributed by atoms with Crippen molar-refractivity contribution < 1.29 is 3.08 Å². The zero-order valence-electron chi connectivity index (χ0n) is 5.22. The van der Waals surface area contributed by atoms with Crippen molar-refractivity contribution in [3.63, 3.8) is 0 Å². The van der Waals surface area contributed by atoms with Gasteiger partial charge in [-0.25, -0.2) is 0 Å². The van der Waals surface area contributed by atoms with Gasteiger partial charge in [0.05, 0.1) is 0 Å². The summed E-state index contributed by atoms with van der Waals surface area (Å²) in [4.78, 5) is 0. The van der Waals surface area contributed by atoms with E-state index in [0.717, 1.165) is 0 Å². The molecule has 1 aromatic carbocycles. The van der Waals surface area contributed by atoms with E-state index in [9.17, 15) is 0 Å². The van der Waals surface area contributed by atoms with E-state index >= 15 is 0 Å². The maximum absolute atomic E-state index is 8.34. The Balaban J connectivity index is 0.000000291. The van der Waals surface area contributed by atoms with E-state index in [0.29, 0.717) is 22.5 Å². The van der Waals surface area contributed by atoms with E-state index in [-0.39, 0.29) is 0 Å². The zero-order chi connectivity index (χ0) is 7.11. The van der Waals surface area contributed by atoms with E-state index in [4.69, 9.17) is 3.08 Å². The van der Waals surface area contributed by atoms with E-state index in [2.05, 4.69) is 13.0 Å². The predicted molar refractivity (Wildman–Crippen MR) is 36.5 cm³/mol.